The molecule has 0 aliphatic rings. The number of methoxy groups -OCH3 is 1. The van der Waals surface area contributed by atoms with Gasteiger partial charge in [-0.2, -0.15) is 0 Å². The zero-order valence-electron chi connectivity index (χ0n) is 11.9. The average Bonchev–Trinajstić information content (AvgIpc) is 2.53. The summed E-state index contributed by atoms with van der Waals surface area (Å²) >= 11 is 5.63. The third-order valence-corrected chi connectivity index (χ3v) is 4.25. The van der Waals surface area contributed by atoms with E-state index >= 15 is 0 Å². The summed E-state index contributed by atoms with van der Waals surface area (Å²) in [5, 5.41) is 0. The molecule has 0 amide bonds. The molecule has 0 radical (unpaired) electrons. The van der Waals surface area contributed by atoms with Crippen LogP contribution >= 0.6 is 38.5 Å². The first-order chi connectivity index (χ1) is 10.6. The summed E-state index contributed by atoms with van der Waals surface area (Å²) in [5.41, 5.74) is 2.03. The molecule has 0 bridgehead atoms. The summed E-state index contributed by atoms with van der Waals surface area (Å²) in [6, 6.07) is 13.8. The molecule has 0 aliphatic carbocycles. The van der Waals surface area contributed by atoms with Crippen LogP contribution in [0.4, 0.5) is 0 Å². The summed E-state index contributed by atoms with van der Waals surface area (Å²) in [4.78, 5) is 11.1. The highest BCUT2D eigenvalue weighted by Gasteiger charge is 2.03. The molecule has 22 heavy (non-hydrogen) atoms. The molecule has 0 unspecified atom stereocenters. The van der Waals surface area contributed by atoms with Gasteiger partial charge in [0.05, 0.1) is 10.7 Å². The number of rotatable bonds is 5. The lowest BCUT2D eigenvalue weighted by Gasteiger charge is -2.09. The molecule has 0 saturated heterocycles. The van der Waals surface area contributed by atoms with Crippen LogP contribution in [-0.4, -0.2) is 13.1 Å². The highest BCUT2D eigenvalue weighted by Crippen LogP contribution is 2.24. The van der Waals surface area contributed by atoms with Crippen LogP contribution in [0.1, 0.15) is 11.1 Å². The van der Waals surface area contributed by atoms with Crippen molar-refractivity contribution in [1.29, 1.82) is 0 Å². The zero-order chi connectivity index (χ0) is 15.9. The van der Waals surface area contributed by atoms with Gasteiger partial charge in [0, 0.05) is 10.5 Å². The molecule has 0 saturated carbocycles. The number of carbonyl (C=O) groups excluding carboxylic acids is 1. The molecule has 0 spiro atoms. The van der Waals surface area contributed by atoms with Gasteiger partial charge in [0.1, 0.15) is 12.4 Å². The second-order valence-corrected chi connectivity index (χ2v) is 6.54. The van der Waals surface area contributed by atoms with Crippen LogP contribution in [0.25, 0.3) is 6.08 Å². The van der Waals surface area contributed by atoms with E-state index in [1.54, 1.807) is 6.08 Å². The van der Waals surface area contributed by atoms with Crippen LogP contribution < -0.4 is 4.74 Å². The summed E-state index contributed by atoms with van der Waals surface area (Å²) in [6.45, 7) is 0.515. The molecule has 0 fully saturated rings. The van der Waals surface area contributed by atoms with Gasteiger partial charge in [0.25, 0.3) is 0 Å². The van der Waals surface area contributed by atoms with E-state index in [1.165, 1.54) is 13.2 Å². The number of halogens is 2. The maximum atomic E-state index is 11.1. The number of hydrogen-bond donors (Lipinski definition) is 0. The van der Waals surface area contributed by atoms with E-state index in [4.69, 9.17) is 4.74 Å². The largest absolute Gasteiger partial charge is 0.488 e. The van der Waals surface area contributed by atoms with Gasteiger partial charge in [-0.05, 0) is 64.1 Å². The molecule has 2 aromatic carbocycles. The van der Waals surface area contributed by atoms with Gasteiger partial charge in [0.15, 0.2) is 0 Å². The minimum atomic E-state index is -0.370. The fourth-order valence-electron chi connectivity index (χ4n) is 1.71. The second kappa shape index (κ2) is 8.33. The lowest BCUT2D eigenvalue weighted by atomic mass is 10.2. The maximum absolute atomic E-state index is 11.1. The van der Waals surface area contributed by atoms with Gasteiger partial charge in [-0.25, -0.2) is 4.79 Å². The molecule has 0 aliphatic heterocycles. The summed E-state index contributed by atoms with van der Waals surface area (Å²) in [5.74, 6) is 0.448. The lowest BCUT2D eigenvalue weighted by molar-refractivity contribution is -0.134. The van der Waals surface area contributed by atoms with Crippen molar-refractivity contribution in [2.24, 2.45) is 0 Å². The summed E-state index contributed by atoms with van der Waals surface area (Å²) < 4.78 is 12.4. The SMILES string of the molecule is COC(=O)/C=C/c1ccc(OCc2ccc(Br)cc2)c(I)c1. The van der Waals surface area contributed by atoms with Gasteiger partial charge >= 0.3 is 5.97 Å². The van der Waals surface area contributed by atoms with E-state index < -0.39 is 0 Å². The quantitative estimate of drug-likeness (QED) is 0.355. The fraction of sp³-hybridized carbons (Fsp3) is 0.118. The fourth-order valence-corrected chi connectivity index (χ4v) is 2.67. The van der Waals surface area contributed by atoms with Crippen LogP contribution in [0, 0.1) is 3.57 Å². The van der Waals surface area contributed by atoms with E-state index in [9.17, 15) is 4.79 Å². The molecule has 0 atom stereocenters. The van der Waals surface area contributed by atoms with Crippen molar-refractivity contribution in [3.05, 3.63) is 67.7 Å². The monoisotopic (exact) mass is 472 g/mol. The van der Waals surface area contributed by atoms with Crippen LogP contribution in [-0.2, 0) is 16.1 Å². The highest BCUT2D eigenvalue weighted by molar-refractivity contribution is 14.1. The number of carbonyl (C=O) groups is 1. The Kier molecular flexibility index (Phi) is 6.45. The third kappa shape index (κ3) is 5.14. The molecule has 5 heteroatoms. The van der Waals surface area contributed by atoms with Crippen LogP contribution in [0.5, 0.6) is 5.75 Å². The number of hydrogen-bond acceptors (Lipinski definition) is 3. The first kappa shape index (κ1) is 17.0. The van der Waals surface area contributed by atoms with Crippen molar-refractivity contribution < 1.29 is 14.3 Å². The van der Waals surface area contributed by atoms with E-state index in [-0.39, 0.29) is 5.97 Å². The Hall–Kier alpha value is -1.34. The molecule has 114 valence electrons. The zero-order valence-corrected chi connectivity index (χ0v) is 15.6. The average molecular weight is 473 g/mol. The van der Waals surface area contributed by atoms with Crippen molar-refractivity contribution in [3.63, 3.8) is 0 Å². The third-order valence-electron chi connectivity index (χ3n) is 2.88. The smallest absolute Gasteiger partial charge is 0.330 e. The van der Waals surface area contributed by atoms with Gasteiger partial charge < -0.3 is 9.47 Å². The standard InChI is InChI=1S/C17H14BrIO3/c1-21-17(20)9-5-12-4-8-16(15(19)10-12)22-11-13-2-6-14(18)7-3-13/h2-10H,11H2,1H3/b9-5+. The Bertz CT molecular complexity index is 681. The minimum Gasteiger partial charge on any atom is -0.488 e. The Morgan fingerprint density at radius 3 is 2.59 bits per heavy atom. The Balaban J connectivity index is 2.02. The molecular weight excluding hydrogens is 459 g/mol. The van der Waals surface area contributed by atoms with Gasteiger partial charge in [-0.1, -0.05) is 34.1 Å². The lowest BCUT2D eigenvalue weighted by Crippen LogP contribution is -1.97. The van der Waals surface area contributed by atoms with E-state index in [0.29, 0.717) is 6.61 Å². The van der Waals surface area contributed by atoms with E-state index in [1.807, 2.05) is 42.5 Å². The normalized spacial score (nSPS) is 10.7. The molecule has 2 rings (SSSR count). The van der Waals surface area contributed by atoms with Crippen molar-refractivity contribution in [2.75, 3.05) is 7.11 Å². The summed E-state index contributed by atoms with van der Waals surface area (Å²) in [6.07, 6.45) is 3.11. The van der Waals surface area contributed by atoms with Gasteiger partial charge in [0.2, 0.25) is 0 Å². The molecule has 2 aromatic rings. The van der Waals surface area contributed by atoms with Crippen LogP contribution in [0.3, 0.4) is 0 Å². The number of esters is 1. The molecule has 3 nitrogen and oxygen atoms in total. The predicted molar refractivity (Wildman–Crippen MR) is 98.7 cm³/mol. The molecule has 0 aromatic heterocycles. The van der Waals surface area contributed by atoms with E-state index in [0.717, 1.165) is 24.9 Å². The second-order valence-electron chi connectivity index (χ2n) is 4.46. The predicted octanol–water partition coefficient (Wildman–Crippen LogP) is 4.82. The first-order valence-corrected chi connectivity index (χ1v) is 8.38. The molecule has 0 N–H and O–H groups in total. The molecule has 0 heterocycles. The minimum absolute atomic E-state index is 0.370. The van der Waals surface area contributed by atoms with E-state index in [2.05, 4.69) is 43.3 Å². The van der Waals surface area contributed by atoms with Crippen molar-refractivity contribution in [3.8, 4) is 5.75 Å². The number of benzene rings is 2. The van der Waals surface area contributed by atoms with Gasteiger partial charge in [-0.15, -0.1) is 0 Å². The van der Waals surface area contributed by atoms with Crippen molar-refractivity contribution in [2.45, 2.75) is 6.61 Å². The maximum Gasteiger partial charge on any atom is 0.330 e. The Labute approximate surface area is 151 Å². The van der Waals surface area contributed by atoms with Crippen LogP contribution in [0.15, 0.2) is 53.0 Å². The number of ether oxygens (including phenoxy) is 2. The first-order valence-electron chi connectivity index (χ1n) is 6.51. The Morgan fingerprint density at radius 1 is 1.23 bits per heavy atom. The Morgan fingerprint density at radius 2 is 1.95 bits per heavy atom. The topological polar surface area (TPSA) is 35.5 Å². The van der Waals surface area contributed by atoms with Crippen molar-refractivity contribution >= 4 is 50.6 Å². The summed E-state index contributed by atoms with van der Waals surface area (Å²) in [7, 11) is 1.36. The van der Waals surface area contributed by atoms with Gasteiger partial charge in [-0.3, -0.25) is 0 Å². The molecular formula is C17H14BrIO3. The van der Waals surface area contributed by atoms with Crippen molar-refractivity contribution in [1.82, 2.24) is 0 Å². The highest BCUT2D eigenvalue weighted by atomic mass is 127. The van der Waals surface area contributed by atoms with Crippen LogP contribution in [0.2, 0.25) is 0 Å².